The number of esters is 2. The molecule has 1 N–H and O–H groups in total. The van der Waals surface area contributed by atoms with Gasteiger partial charge in [0.15, 0.2) is 6.10 Å². The number of unbranched alkanes of at least 4 members (excludes halogenated alkanes) is 13. The van der Waals surface area contributed by atoms with Crippen molar-refractivity contribution in [2.24, 2.45) is 0 Å². The largest absolute Gasteiger partial charge is 0.472 e. The molecular weight excluding hydrogens is 1130 g/mol. The van der Waals surface area contributed by atoms with Crippen LogP contribution >= 0.6 is 7.82 Å². The highest BCUT2D eigenvalue weighted by atomic mass is 31.2. The number of phosphoric ester groups is 1. The molecule has 2 atom stereocenters. The molecule has 0 saturated heterocycles. The van der Waals surface area contributed by atoms with E-state index in [4.69, 9.17) is 18.5 Å². The number of hydrogen-bond acceptors (Lipinski definition) is 7. The van der Waals surface area contributed by atoms with Gasteiger partial charge >= 0.3 is 19.8 Å². The third-order valence-electron chi connectivity index (χ3n) is 13.8. The topological polar surface area (TPSA) is 108 Å². The molecule has 0 bridgehead atoms. The second-order valence-electron chi connectivity index (χ2n) is 23.4. The zero-order valence-corrected chi connectivity index (χ0v) is 58.2. The van der Waals surface area contributed by atoms with Gasteiger partial charge in [-0.3, -0.25) is 18.6 Å². The van der Waals surface area contributed by atoms with Crippen molar-refractivity contribution in [3.63, 3.8) is 0 Å². The van der Waals surface area contributed by atoms with Gasteiger partial charge in [-0.15, -0.1) is 0 Å². The van der Waals surface area contributed by atoms with Crippen molar-refractivity contribution in [1.82, 2.24) is 0 Å². The number of hydrogen-bond donors (Lipinski definition) is 1. The molecule has 0 aliphatic heterocycles. The zero-order valence-electron chi connectivity index (χ0n) is 57.3. The summed E-state index contributed by atoms with van der Waals surface area (Å²) in [6, 6.07) is 0. The second-order valence-corrected chi connectivity index (χ2v) is 24.9. The number of carbonyl (C=O) groups is 2. The van der Waals surface area contributed by atoms with Crippen molar-refractivity contribution in [2.75, 3.05) is 47.5 Å². The molecule has 0 aromatic carbocycles. The van der Waals surface area contributed by atoms with Crippen molar-refractivity contribution in [2.45, 2.75) is 238 Å². The van der Waals surface area contributed by atoms with Crippen LogP contribution < -0.4 is 0 Å². The van der Waals surface area contributed by atoms with Gasteiger partial charge < -0.3 is 18.9 Å². The number of quaternary nitrogens is 1. The van der Waals surface area contributed by atoms with E-state index in [0.717, 1.165) is 161 Å². The van der Waals surface area contributed by atoms with E-state index in [1.807, 2.05) is 21.1 Å². The Kier molecular flexibility index (Phi) is 63.9. The maximum absolute atomic E-state index is 12.9. The number of rotatable bonds is 61. The fourth-order valence-corrected chi connectivity index (χ4v) is 9.29. The van der Waals surface area contributed by atoms with Gasteiger partial charge in [0.25, 0.3) is 0 Å². The summed E-state index contributed by atoms with van der Waals surface area (Å²) in [5.74, 6) is -0.857. The van der Waals surface area contributed by atoms with Crippen LogP contribution in [-0.4, -0.2) is 74.9 Å². The number of phosphoric acid groups is 1. The zero-order chi connectivity index (χ0) is 65.5. The molecule has 0 amide bonds. The number of carbonyl (C=O) groups excluding carboxylic acids is 2. The summed E-state index contributed by atoms with van der Waals surface area (Å²) in [5.41, 5.74) is 0. The molecule has 504 valence electrons. The van der Waals surface area contributed by atoms with Gasteiger partial charge in [0, 0.05) is 12.8 Å². The fraction of sp³-hybridized carbons (Fsp3) is 0.550. The number of likely N-dealkylation sites (N-methyl/N-ethyl adjacent to an activating group) is 1. The summed E-state index contributed by atoms with van der Waals surface area (Å²) >= 11 is 0. The highest BCUT2D eigenvalue weighted by Crippen LogP contribution is 2.43. The van der Waals surface area contributed by atoms with E-state index < -0.39 is 32.5 Å². The number of ether oxygens (including phenoxy) is 2. The normalized spacial score (nSPS) is 14.4. The molecule has 0 heterocycles. The first-order chi connectivity index (χ1) is 44.0. The molecule has 0 aromatic rings. The van der Waals surface area contributed by atoms with Crippen LogP contribution in [0.4, 0.5) is 0 Å². The predicted molar refractivity (Wildman–Crippen MR) is 389 cm³/mol. The van der Waals surface area contributed by atoms with Crippen LogP contribution in [0.1, 0.15) is 232 Å². The molecular formula is C80H127NO8P+. The molecule has 90 heavy (non-hydrogen) atoms. The van der Waals surface area contributed by atoms with Crippen LogP contribution in [0.5, 0.6) is 0 Å². The summed E-state index contributed by atoms with van der Waals surface area (Å²) in [6.07, 6.45) is 108. The second kappa shape index (κ2) is 68.0. The van der Waals surface area contributed by atoms with Crippen molar-refractivity contribution >= 4 is 19.8 Å². The predicted octanol–water partition coefficient (Wildman–Crippen LogP) is 23.0. The Labute approximate surface area is 551 Å². The molecule has 2 unspecified atom stereocenters. The Hall–Kier alpha value is -5.41. The minimum Gasteiger partial charge on any atom is -0.462 e. The molecule has 10 heteroatoms. The van der Waals surface area contributed by atoms with Crippen molar-refractivity contribution in [3.05, 3.63) is 207 Å². The average molecular weight is 1260 g/mol. The van der Waals surface area contributed by atoms with E-state index in [1.165, 1.54) is 38.5 Å². The van der Waals surface area contributed by atoms with Gasteiger partial charge in [0.2, 0.25) is 0 Å². The Morgan fingerprint density at radius 3 is 0.900 bits per heavy atom. The summed E-state index contributed by atoms with van der Waals surface area (Å²) in [7, 11) is 1.42. The number of allylic oxidation sites excluding steroid dienone is 34. The average Bonchev–Trinajstić information content (AvgIpc) is 3.58. The first-order valence-corrected chi connectivity index (χ1v) is 36.3. The van der Waals surface area contributed by atoms with Crippen molar-refractivity contribution in [3.8, 4) is 0 Å². The maximum Gasteiger partial charge on any atom is 0.472 e. The van der Waals surface area contributed by atoms with E-state index >= 15 is 0 Å². The minimum atomic E-state index is -4.42. The molecule has 0 spiro atoms. The minimum absolute atomic E-state index is 0.0122. The van der Waals surface area contributed by atoms with Crippen molar-refractivity contribution < 1.29 is 42.1 Å². The van der Waals surface area contributed by atoms with E-state index in [2.05, 4.69) is 220 Å². The van der Waals surface area contributed by atoms with Crippen LogP contribution in [0, 0.1) is 0 Å². The van der Waals surface area contributed by atoms with Gasteiger partial charge in [0.05, 0.1) is 27.7 Å². The summed E-state index contributed by atoms with van der Waals surface area (Å²) < 4.78 is 34.6. The Morgan fingerprint density at radius 1 is 0.344 bits per heavy atom. The van der Waals surface area contributed by atoms with Gasteiger partial charge in [-0.05, 0) is 148 Å². The quantitative estimate of drug-likeness (QED) is 0.0211. The van der Waals surface area contributed by atoms with E-state index in [9.17, 15) is 19.0 Å². The van der Waals surface area contributed by atoms with Gasteiger partial charge in [-0.25, -0.2) is 4.57 Å². The third kappa shape index (κ3) is 71.7. The lowest BCUT2D eigenvalue weighted by Gasteiger charge is -2.24. The SMILES string of the molecule is CC/C=C\C/C=C\C/C=C\C/C=C\C/C=C\C/C=C\C/C=C\C/C=C\C/C=C\CCCCCC(=O)OC(COC(=O)CCCCCCCCCCCC/C=C\C/C=C\C/C=C\C/C=C\C/C=C\C/C=C\C/C=C\C/C=C\CC)COP(=O)(O)OCC[N+](C)(C)C. The first kappa shape index (κ1) is 84.6. The van der Waals surface area contributed by atoms with Gasteiger partial charge in [-0.1, -0.05) is 278 Å². The van der Waals surface area contributed by atoms with Crippen LogP contribution in [0.15, 0.2) is 207 Å². The Balaban J connectivity index is 4.22. The van der Waals surface area contributed by atoms with E-state index in [1.54, 1.807) is 0 Å². The molecule has 0 fully saturated rings. The number of nitrogens with zero attached hydrogens (tertiary/aromatic N) is 1. The smallest absolute Gasteiger partial charge is 0.462 e. The van der Waals surface area contributed by atoms with E-state index in [0.29, 0.717) is 17.4 Å². The standard InChI is InChI=1S/C80H126NO8P/c1-6-8-10-12-14-16-18-20-22-24-26-28-30-32-34-36-38-39-40-41-43-44-46-48-50-52-54-56-58-60-62-64-66-68-70-72-79(82)86-76-78(77-88-90(84,85)87-75-74-81(3,4)5)89-80(83)73-71-69-67-65-63-61-59-57-55-53-51-49-47-45-42-37-35-33-31-29-27-25-23-21-19-17-15-13-11-9-7-2/h8-11,14-17,20-23,26-29,32-35,38-39,41-43,45-46,48-49,51,55,57,61,63,78H,6-7,12-13,18-19,24-25,30-31,36-37,40,44,47,50,52-54,56,58-60,62,64-77H2,1-5H3/p+1/b10-8-,11-9-,16-14-,17-15-,22-20-,23-21-,28-26-,29-27-,34-32-,35-33-,39-38-,43-41-,45-42-,48-46-,51-49-,57-55-,63-61-. The van der Waals surface area contributed by atoms with Crippen LogP contribution in [-0.2, 0) is 32.7 Å². The van der Waals surface area contributed by atoms with E-state index in [-0.39, 0.29) is 26.1 Å². The molecule has 0 rings (SSSR count). The van der Waals surface area contributed by atoms with Crippen LogP contribution in [0.25, 0.3) is 0 Å². The lowest BCUT2D eigenvalue weighted by molar-refractivity contribution is -0.870. The lowest BCUT2D eigenvalue weighted by atomic mass is 10.1. The first-order valence-electron chi connectivity index (χ1n) is 34.8. The Morgan fingerprint density at radius 2 is 0.600 bits per heavy atom. The third-order valence-corrected chi connectivity index (χ3v) is 14.8. The van der Waals surface area contributed by atoms with Crippen LogP contribution in [0.2, 0.25) is 0 Å². The summed E-state index contributed by atoms with van der Waals surface area (Å²) in [5, 5.41) is 0. The summed E-state index contributed by atoms with van der Waals surface area (Å²) in [4.78, 5) is 35.9. The monoisotopic (exact) mass is 1260 g/mol. The maximum atomic E-state index is 12.9. The molecule has 0 radical (unpaired) electrons. The molecule has 0 aliphatic rings. The van der Waals surface area contributed by atoms with Gasteiger partial charge in [0.1, 0.15) is 19.8 Å². The highest BCUT2D eigenvalue weighted by molar-refractivity contribution is 7.47. The molecule has 9 nitrogen and oxygen atoms in total. The molecule has 0 aromatic heterocycles. The van der Waals surface area contributed by atoms with Gasteiger partial charge in [-0.2, -0.15) is 0 Å². The highest BCUT2D eigenvalue weighted by Gasteiger charge is 2.27. The van der Waals surface area contributed by atoms with Crippen LogP contribution in [0.3, 0.4) is 0 Å². The van der Waals surface area contributed by atoms with Crippen molar-refractivity contribution in [1.29, 1.82) is 0 Å². The fourth-order valence-electron chi connectivity index (χ4n) is 8.55. The molecule has 0 aliphatic carbocycles. The lowest BCUT2D eigenvalue weighted by Crippen LogP contribution is -2.37. The Bertz CT molecular complexity index is 2270. The molecule has 0 saturated carbocycles. The summed E-state index contributed by atoms with van der Waals surface area (Å²) in [6.45, 7) is 4.13.